The SMILES string of the molecule is CC(C)C(=O)Nc1ccc(F)cc1C(F)(F)F.O=C(C(=O)C(F)(F)F)C(F)(F)F. The van der Waals surface area contributed by atoms with Crippen LogP contribution in [0.1, 0.15) is 19.4 Å². The number of Topliss-reactive ketones (excluding diaryl/α,β-unsaturated/α-hetero) is 2. The van der Waals surface area contributed by atoms with Crippen LogP contribution in [0.5, 0.6) is 0 Å². The Balaban J connectivity index is 0.000000578. The first-order valence-corrected chi connectivity index (χ1v) is 7.18. The molecule has 0 aliphatic carbocycles. The smallest absolute Gasteiger partial charge is 0.325 e. The van der Waals surface area contributed by atoms with Crippen LogP contribution in [0.15, 0.2) is 18.2 Å². The van der Waals surface area contributed by atoms with Gasteiger partial charge in [0.1, 0.15) is 5.82 Å². The summed E-state index contributed by atoms with van der Waals surface area (Å²) in [5.41, 5.74) is -1.62. The molecule has 29 heavy (non-hydrogen) atoms. The Morgan fingerprint density at radius 2 is 1.24 bits per heavy atom. The predicted molar refractivity (Wildman–Crippen MR) is 77.0 cm³/mol. The third kappa shape index (κ3) is 8.48. The molecule has 1 rings (SSSR count). The highest BCUT2D eigenvalue weighted by molar-refractivity contribution is 6.41. The molecule has 164 valence electrons. The second-order valence-corrected chi connectivity index (χ2v) is 5.49. The van der Waals surface area contributed by atoms with E-state index in [1.54, 1.807) is 13.8 Å². The molecule has 0 unspecified atom stereocenters. The Morgan fingerprint density at radius 1 is 0.828 bits per heavy atom. The summed E-state index contributed by atoms with van der Waals surface area (Å²) in [4.78, 5) is 30.5. The topological polar surface area (TPSA) is 63.2 Å². The quantitative estimate of drug-likeness (QED) is 0.545. The summed E-state index contributed by atoms with van der Waals surface area (Å²) in [6.45, 7) is 3.10. The van der Waals surface area contributed by atoms with Gasteiger partial charge in [-0.15, -0.1) is 0 Å². The largest absolute Gasteiger partial charge is 0.458 e. The molecule has 0 heterocycles. The Kier molecular flexibility index (Phi) is 8.37. The molecular weight excluding hydrogens is 432 g/mol. The van der Waals surface area contributed by atoms with Crippen molar-refractivity contribution in [2.45, 2.75) is 32.4 Å². The maximum absolute atomic E-state index is 12.8. The molecule has 0 spiro atoms. The van der Waals surface area contributed by atoms with Gasteiger partial charge in [0.25, 0.3) is 0 Å². The van der Waals surface area contributed by atoms with Crippen molar-refractivity contribution in [3.05, 3.63) is 29.6 Å². The second-order valence-electron chi connectivity index (χ2n) is 5.49. The molecule has 0 bridgehead atoms. The van der Waals surface area contributed by atoms with Gasteiger partial charge in [-0.2, -0.15) is 39.5 Å². The Morgan fingerprint density at radius 3 is 1.55 bits per heavy atom. The maximum atomic E-state index is 12.8. The number of alkyl halides is 9. The first-order valence-electron chi connectivity index (χ1n) is 7.18. The Labute approximate surface area is 155 Å². The van der Waals surface area contributed by atoms with Crippen molar-refractivity contribution in [2.75, 3.05) is 5.32 Å². The molecule has 0 radical (unpaired) electrons. The lowest BCUT2D eigenvalue weighted by Gasteiger charge is -2.14. The molecule has 0 saturated carbocycles. The number of nitrogens with one attached hydrogen (secondary N) is 1. The standard InChI is InChI=1S/C11H11F4NO.C4F6O2/c1-6(2)10(17)16-9-4-3-7(12)5-8(9)11(13,14)15;5-3(6,7)1(11)2(12)4(8,9)10/h3-6H,1-2H3,(H,16,17);. The van der Waals surface area contributed by atoms with Gasteiger partial charge in [0.2, 0.25) is 5.91 Å². The van der Waals surface area contributed by atoms with Crippen molar-refractivity contribution in [1.29, 1.82) is 0 Å². The minimum Gasteiger partial charge on any atom is -0.325 e. The highest BCUT2D eigenvalue weighted by Gasteiger charge is 2.54. The van der Waals surface area contributed by atoms with Crippen LogP contribution >= 0.6 is 0 Å². The van der Waals surface area contributed by atoms with E-state index in [9.17, 15) is 58.3 Å². The van der Waals surface area contributed by atoms with E-state index in [1.807, 2.05) is 0 Å². The zero-order chi connectivity index (χ0) is 23.4. The minimum atomic E-state index is -5.77. The number of anilines is 1. The van der Waals surface area contributed by atoms with Crippen molar-refractivity contribution in [2.24, 2.45) is 5.92 Å². The van der Waals surface area contributed by atoms with Crippen LogP contribution in [0.25, 0.3) is 0 Å². The maximum Gasteiger partial charge on any atom is 0.458 e. The van der Waals surface area contributed by atoms with Crippen LogP contribution < -0.4 is 5.32 Å². The number of ketones is 2. The van der Waals surface area contributed by atoms with Crippen LogP contribution in [-0.2, 0) is 20.6 Å². The number of halogens is 10. The highest BCUT2D eigenvalue weighted by Crippen LogP contribution is 2.35. The summed E-state index contributed by atoms with van der Waals surface area (Å²) in [6.07, 6.45) is -16.2. The lowest BCUT2D eigenvalue weighted by molar-refractivity contribution is -0.193. The molecule has 14 heteroatoms. The first kappa shape index (κ1) is 26.3. The molecule has 0 fully saturated rings. The fraction of sp³-hybridized carbons (Fsp3) is 0.400. The summed E-state index contributed by atoms with van der Waals surface area (Å²) in [7, 11) is 0. The van der Waals surface area contributed by atoms with Crippen LogP contribution in [0, 0.1) is 11.7 Å². The molecule has 1 aromatic rings. The normalized spacial score (nSPS) is 12.2. The molecule has 0 atom stereocenters. The number of benzene rings is 1. The van der Waals surface area contributed by atoms with Gasteiger partial charge in [-0.1, -0.05) is 13.8 Å². The number of amides is 1. The number of carbonyl (C=O) groups is 3. The van der Waals surface area contributed by atoms with Crippen LogP contribution in [-0.4, -0.2) is 29.8 Å². The van der Waals surface area contributed by atoms with Gasteiger partial charge < -0.3 is 5.32 Å². The van der Waals surface area contributed by atoms with Gasteiger partial charge in [0, 0.05) is 5.92 Å². The number of hydrogen-bond acceptors (Lipinski definition) is 3. The van der Waals surface area contributed by atoms with E-state index in [1.165, 1.54) is 0 Å². The Hall–Kier alpha value is -2.67. The van der Waals surface area contributed by atoms with Crippen molar-refractivity contribution in [3.8, 4) is 0 Å². The van der Waals surface area contributed by atoms with Gasteiger partial charge >= 0.3 is 30.1 Å². The molecule has 1 aromatic carbocycles. The summed E-state index contributed by atoms with van der Waals surface area (Å²) in [5, 5.41) is 2.12. The molecule has 1 N–H and O–H groups in total. The second kappa shape index (κ2) is 9.22. The molecule has 4 nitrogen and oxygen atoms in total. The molecule has 0 aliphatic rings. The number of rotatable bonds is 3. The van der Waals surface area contributed by atoms with Crippen molar-refractivity contribution < 1.29 is 58.3 Å². The lowest BCUT2D eigenvalue weighted by Crippen LogP contribution is -2.39. The van der Waals surface area contributed by atoms with E-state index in [0.29, 0.717) is 6.07 Å². The van der Waals surface area contributed by atoms with Gasteiger partial charge in [0.05, 0.1) is 11.3 Å². The number of carbonyl (C=O) groups excluding carboxylic acids is 3. The zero-order valence-electron chi connectivity index (χ0n) is 14.3. The van der Waals surface area contributed by atoms with Gasteiger partial charge in [-0.25, -0.2) is 4.39 Å². The van der Waals surface area contributed by atoms with E-state index >= 15 is 0 Å². The molecule has 1 amide bonds. The Bertz CT molecular complexity index is 739. The minimum absolute atomic E-state index is 0.357. The van der Waals surface area contributed by atoms with Gasteiger partial charge in [-0.05, 0) is 18.2 Å². The van der Waals surface area contributed by atoms with Gasteiger partial charge in [-0.3, -0.25) is 14.4 Å². The average Bonchev–Trinajstić information content (AvgIpc) is 2.52. The van der Waals surface area contributed by atoms with E-state index in [0.717, 1.165) is 12.1 Å². The summed E-state index contributed by atoms with van der Waals surface area (Å²) in [6, 6.07) is 2.12. The predicted octanol–water partition coefficient (Wildman–Crippen LogP) is 4.69. The van der Waals surface area contributed by atoms with E-state index in [-0.39, 0.29) is 0 Å². The molecule has 0 saturated heterocycles. The summed E-state index contributed by atoms with van der Waals surface area (Å²) >= 11 is 0. The summed E-state index contributed by atoms with van der Waals surface area (Å²) in [5.74, 6) is -8.83. The van der Waals surface area contributed by atoms with Gasteiger partial charge in [0.15, 0.2) is 0 Å². The monoisotopic (exact) mass is 443 g/mol. The van der Waals surface area contributed by atoms with Crippen molar-refractivity contribution in [1.82, 2.24) is 0 Å². The van der Waals surface area contributed by atoms with Crippen molar-refractivity contribution in [3.63, 3.8) is 0 Å². The molecule has 0 aromatic heterocycles. The highest BCUT2D eigenvalue weighted by atomic mass is 19.4. The third-order valence-corrected chi connectivity index (χ3v) is 2.79. The summed E-state index contributed by atoms with van der Waals surface area (Å²) < 4.78 is 117. The molecule has 0 aliphatic heterocycles. The van der Waals surface area contributed by atoms with E-state index < -0.39 is 59.0 Å². The van der Waals surface area contributed by atoms with E-state index in [2.05, 4.69) is 5.32 Å². The average molecular weight is 443 g/mol. The van der Waals surface area contributed by atoms with Crippen LogP contribution in [0.4, 0.5) is 49.6 Å². The fourth-order valence-electron chi connectivity index (χ4n) is 1.39. The van der Waals surface area contributed by atoms with E-state index in [4.69, 9.17) is 0 Å². The van der Waals surface area contributed by atoms with Crippen molar-refractivity contribution >= 4 is 23.2 Å². The number of hydrogen-bond donors (Lipinski definition) is 1. The fourth-order valence-corrected chi connectivity index (χ4v) is 1.39. The first-order chi connectivity index (χ1) is 12.8. The third-order valence-electron chi connectivity index (χ3n) is 2.79. The lowest BCUT2D eigenvalue weighted by atomic mass is 10.1. The molecular formula is C15H11F10NO3. The van der Waals surface area contributed by atoms with Crippen LogP contribution in [0.3, 0.4) is 0 Å². The van der Waals surface area contributed by atoms with Crippen LogP contribution in [0.2, 0.25) is 0 Å². The zero-order valence-corrected chi connectivity index (χ0v) is 14.3.